The SMILES string of the molecule is CCOc1ccc(N(CC(=O)N/N=C\c2cc(C)n(-c3cccc(Br)c3)c2C)S(C)(=O)=O)cc1. The van der Waals surface area contributed by atoms with Crippen LogP contribution in [0.2, 0.25) is 0 Å². The lowest BCUT2D eigenvalue weighted by Crippen LogP contribution is -2.39. The number of hydrazone groups is 1. The number of aromatic nitrogens is 1. The zero-order valence-electron chi connectivity index (χ0n) is 19.4. The van der Waals surface area contributed by atoms with Crippen molar-refractivity contribution in [2.45, 2.75) is 20.8 Å². The van der Waals surface area contributed by atoms with Crippen molar-refractivity contribution in [3.63, 3.8) is 0 Å². The molecule has 1 amide bonds. The molecule has 180 valence electrons. The number of nitrogens with one attached hydrogen (secondary N) is 1. The van der Waals surface area contributed by atoms with Crippen LogP contribution in [-0.4, -0.2) is 44.5 Å². The molecule has 0 aliphatic rings. The summed E-state index contributed by atoms with van der Waals surface area (Å²) >= 11 is 3.49. The van der Waals surface area contributed by atoms with Gasteiger partial charge in [0.25, 0.3) is 5.91 Å². The van der Waals surface area contributed by atoms with Crippen molar-refractivity contribution >= 4 is 43.8 Å². The number of sulfonamides is 1. The predicted molar refractivity (Wildman–Crippen MR) is 138 cm³/mol. The van der Waals surface area contributed by atoms with Gasteiger partial charge in [0.2, 0.25) is 10.0 Å². The second kappa shape index (κ2) is 10.9. The first-order chi connectivity index (χ1) is 16.1. The molecule has 3 rings (SSSR count). The van der Waals surface area contributed by atoms with Crippen molar-refractivity contribution < 1.29 is 17.9 Å². The molecule has 0 spiro atoms. The van der Waals surface area contributed by atoms with Crippen LogP contribution < -0.4 is 14.5 Å². The maximum absolute atomic E-state index is 12.5. The maximum atomic E-state index is 12.5. The quantitative estimate of drug-likeness (QED) is 0.322. The van der Waals surface area contributed by atoms with E-state index < -0.39 is 22.5 Å². The van der Waals surface area contributed by atoms with Crippen LogP contribution in [0.5, 0.6) is 5.75 Å². The molecule has 0 aliphatic heterocycles. The van der Waals surface area contributed by atoms with Crippen LogP contribution in [0.1, 0.15) is 23.9 Å². The largest absolute Gasteiger partial charge is 0.494 e. The lowest BCUT2D eigenvalue weighted by Gasteiger charge is -2.21. The molecule has 10 heteroatoms. The Morgan fingerprint density at radius 2 is 1.88 bits per heavy atom. The molecule has 0 saturated heterocycles. The van der Waals surface area contributed by atoms with Crippen molar-refractivity contribution in [2.24, 2.45) is 5.10 Å². The molecule has 2 aromatic carbocycles. The van der Waals surface area contributed by atoms with Gasteiger partial charge < -0.3 is 9.30 Å². The van der Waals surface area contributed by atoms with Gasteiger partial charge in [0.15, 0.2) is 0 Å². The van der Waals surface area contributed by atoms with Gasteiger partial charge in [0.1, 0.15) is 12.3 Å². The van der Waals surface area contributed by atoms with Gasteiger partial charge in [-0.2, -0.15) is 5.10 Å². The van der Waals surface area contributed by atoms with Gasteiger partial charge >= 0.3 is 0 Å². The fourth-order valence-electron chi connectivity index (χ4n) is 3.55. The van der Waals surface area contributed by atoms with E-state index in [9.17, 15) is 13.2 Å². The number of ether oxygens (including phenoxy) is 1. The smallest absolute Gasteiger partial charge is 0.260 e. The Morgan fingerprint density at radius 1 is 1.18 bits per heavy atom. The van der Waals surface area contributed by atoms with E-state index in [1.54, 1.807) is 30.5 Å². The van der Waals surface area contributed by atoms with E-state index in [-0.39, 0.29) is 0 Å². The average molecular weight is 547 g/mol. The normalized spacial score (nSPS) is 11.6. The summed E-state index contributed by atoms with van der Waals surface area (Å²) in [6, 6.07) is 16.4. The zero-order chi connectivity index (χ0) is 24.9. The first-order valence-corrected chi connectivity index (χ1v) is 13.2. The summed E-state index contributed by atoms with van der Waals surface area (Å²) in [5.74, 6) is 0.0607. The van der Waals surface area contributed by atoms with E-state index in [1.165, 1.54) is 0 Å². The third-order valence-electron chi connectivity index (χ3n) is 5.05. The number of nitrogens with zero attached hydrogens (tertiary/aromatic N) is 3. The fraction of sp³-hybridized carbons (Fsp3) is 0.250. The highest BCUT2D eigenvalue weighted by Gasteiger charge is 2.21. The van der Waals surface area contributed by atoms with Crippen LogP contribution in [0, 0.1) is 13.8 Å². The molecule has 0 fully saturated rings. The summed E-state index contributed by atoms with van der Waals surface area (Å²) in [5.41, 5.74) is 6.61. The van der Waals surface area contributed by atoms with Crippen LogP contribution in [0.15, 0.2) is 64.2 Å². The number of rotatable bonds is 9. The molecule has 3 aromatic rings. The average Bonchev–Trinajstić information content (AvgIpc) is 3.05. The lowest BCUT2D eigenvalue weighted by molar-refractivity contribution is -0.119. The third-order valence-corrected chi connectivity index (χ3v) is 6.69. The van der Waals surface area contributed by atoms with Crippen LogP contribution in [0.3, 0.4) is 0 Å². The highest BCUT2D eigenvalue weighted by atomic mass is 79.9. The van der Waals surface area contributed by atoms with Crippen LogP contribution >= 0.6 is 15.9 Å². The molecule has 1 aromatic heterocycles. The molecule has 8 nitrogen and oxygen atoms in total. The second-order valence-corrected chi connectivity index (χ2v) is 10.5. The molecule has 34 heavy (non-hydrogen) atoms. The summed E-state index contributed by atoms with van der Waals surface area (Å²) in [6.45, 7) is 5.92. The van der Waals surface area contributed by atoms with Gasteiger partial charge in [0, 0.05) is 27.1 Å². The Hall–Kier alpha value is -3.11. The van der Waals surface area contributed by atoms with E-state index in [2.05, 4.69) is 31.0 Å². The Morgan fingerprint density at radius 3 is 2.50 bits per heavy atom. The van der Waals surface area contributed by atoms with E-state index >= 15 is 0 Å². The Bertz CT molecular complexity index is 1300. The minimum atomic E-state index is -3.69. The number of hydrogen-bond donors (Lipinski definition) is 1. The number of anilines is 1. The molecule has 0 unspecified atom stereocenters. The minimum absolute atomic E-state index is 0.364. The van der Waals surface area contributed by atoms with Crippen molar-refractivity contribution in [1.29, 1.82) is 0 Å². The summed E-state index contributed by atoms with van der Waals surface area (Å²) in [7, 11) is -3.69. The monoisotopic (exact) mass is 546 g/mol. The molecular weight excluding hydrogens is 520 g/mol. The van der Waals surface area contributed by atoms with Crippen molar-refractivity contribution in [2.75, 3.05) is 23.7 Å². The summed E-state index contributed by atoms with van der Waals surface area (Å²) in [5, 5.41) is 4.05. The maximum Gasteiger partial charge on any atom is 0.260 e. The molecule has 0 saturated carbocycles. The number of halogens is 1. The lowest BCUT2D eigenvalue weighted by atomic mass is 10.2. The Balaban J connectivity index is 1.72. The van der Waals surface area contributed by atoms with Gasteiger partial charge in [-0.1, -0.05) is 22.0 Å². The van der Waals surface area contributed by atoms with Gasteiger partial charge in [-0.05, 0) is 69.3 Å². The minimum Gasteiger partial charge on any atom is -0.494 e. The van der Waals surface area contributed by atoms with Gasteiger partial charge in [-0.15, -0.1) is 0 Å². The number of carbonyl (C=O) groups is 1. The van der Waals surface area contributed by atoms with Crippen LogP contribution in [0.4, 0.5) is 5.69 Å². The fourth-order valence-corrected chi connectivity index (χ4v) is 4.79. The first kappa shape index (κ1) is 25.5. The number of aryl methyl sites for hydroxylation is 1. The standard InChI is InChI=1S/C24H27BrN4O4S/c1-5-33-23-11-9-21(10-12-23)28(34(4,31)32)16-24(30)27-26-15-19-13-17(2)29(18(19)3)22-8-6-7-20(25)14-22/h6-15H,5,16H2,1-4H3,(H,27,30)/b26-15-. The van der Waals surface area contributed by atoms with Gasteiger partial charge in [-0.25, -0.2) is 13.8 Å². The number of carbonyl (C=O) groups excluding carboxylic acids is 1. The van der Waals surface area contributed by atoms with Crippen LogP contribution in [0.25, 0.3) is 5.69 Å². The molecule has 0 aliphatic carbocycles. The highest BCUT2D eigenvalue weighted by molar-refractivity contribution is 9.10. The second-order valence-electron chi connectivity index (χ2n) is 7.63. The van der Waals surface area contributed by atoms with E-state index in [0.29, 0.717) is 18.0 Å². The molecule has 1 heterocycles. The topological polar surface area (TPSA) is 93.0 Å². The summed E-state index contributed by atoms with van der Waals surface area (Å²) in [4.78, 5) is 12.5. The molecular formula is C24H27BrN4O4S. The van der Waals surface area contributed by atoms with E-state index in [1.807, 2.05) is 51.1 Å². The van der Waals surface area contributed by atoms with E-state index in [4.69, 9.17) is 4.74 Å². The van der Waals surface area contributed by atoms with Crippen molar-refractivity contribution in [3.05, 3.63) is 76.0 Å². The zero-order valence-corrected chi connectivity index (χ0v) is 21.9. The Labute approximate surface area is 208 Å². The summed E-state index contributed by atoms with van der Waals surface area (Å²) < 4.78 is 34.0. The van der Waals surface area contributed by atoms with Crippen LogP contribution in [-0.2, 0) is 14.8 Å². The molecule has 0 atom stereocenters. The molecule has 0 radical (unpaired) electrons. The number of amides is 1. The highest BCUT2D eigenvalue weighted by Crippen LogP contribution is 2.23. The van der Waals surface area contributed by atoms with Crippen molar-refractivity contribution in [3.8, 4) is 11.4 Å². The van der Waals surface area contributed by atoms with Gasteiger partial charge in [-0.3, -0.25) is 9.10 Å². The van der Waals surface area contributed by atoms with E-state index in [0.717, 1.165) is 37.7 Å². The number of hydrogen-bond acceptors (Lipinski definition) is 5. The van der Waals surface area contributed by atoms with Gasteiger partial charge in [0.05, 0.1) is 24.8 Å². The predicted octanol–water partition coefficient (Wildman–Crippen LogP) is 4.17. The Kier molecular flexibility index (Phi) is 8.16. The summed E-state index contributed by atoms with van der Waals surface area (Å²) in [6.07, 6.45) is 2.60. The third kappa shape index (κ3) is 6.27. The first-order valence-electron chi connectivity index (χ1n) is 10.6. The molecule has 1 N–H and O–H groups in total. The number of benzene rings is 2. The van der Waals surface area contributed by atoms with Crippen molar-refractivity contribution in [1.82, 2.24) is 9.99 Å². The molecule has 0 bridgehead atoms.